The molecule has 0 fully saturated rings. The summed E-state index contributed by atoms with van der Waals surface area (Å²) in [6.45, 7) is 6.55. The lowest BCUT2D eigenvalue weighted by Gasteiger charge is -2.30. The number of aryl methyl sites for hydroxylation is 2. The molecule has 0 saturated heterocycles. The van der Waals surface area contributed by atoms with Crippen molar-refractivity contribution in [3.63, 3.8) is 0 Å². The molecule has 0 saturated carbocycles. The first kappa shape index (κ1) is 15.5. The Balaban J connectivity index is 2.26. The van der Waals surface area contributed by atoms with Gasteiger partial charge in [0.2, 0.25) is 0 Å². The van der Waals surface area contributed by atoms with Crippen LogP contribution in [0.3, 0.4) is 0 Å². The van der Waals surface area contributed by atoms with E-state index in [1.54, 1.807) is 11.3 Å². The first-order valence-corrected chi connectivity index (χ1v) is 7.82. The fourth-order valence-electron chi connectivity index (χ4n) is 2.23. The van der Waals surface area contributed by atoms with Crippen molar-refractivity contribution in [3.8, 4) is 0 Å². The van der Waals surface area contributed by atoms with Gasteiger partial charge in [-0.1, -0.05) is 17.7 Å². The standard InChI is InChI=1S/C16H20N2O2S/c1-11-4-6-14(7-5-11)18(9-8-16(19)20)12(2)15-10-21-13(3)17-15/h4-7,10,12H,8-9H2,1-3H3,(H,19,20). The van der Waals surface area contributed by atoms with Crippen LogP contribution in [-0.4, -0.2) is 22.6 Å². The third-order valence-electron chi connectivity index (χ3n) is 3.46. The number of aromatic nitrogens is 1. The fraction of sp³-hybridized carbons (Fsp3) is 0.375. The predicted molar refractivity (Wildman–Crippen MR) is 86.0 cm³/mol. The highest BCUT2D eigenvalue weighted by Crippen LogP contribution is 2.28. The second-order valence-corrected chi connectivity index (χ2v) is 6.20. The number of hydrogen-bond acceptors (Lipinski definition) is 4. The molecule has 21 heavy (non-hydrogen) atoms. The molecule has 5 heteroatoms. The summed E-state index contributed by atoms with van der Waals surface area (Å²) in [6.07, 6.45) is 0.112. The number of benzene rings is 1. The quantitative estimate of drug-likeness (QED) is 0.882. The maximum absolute atomic E-state index is 10.9. The van der Waals surface area contributed by atoms with E-state index in [1.807, 2.05) is 43.5 Å². The minimum absolute atomic E-state index is 0.0528. The van der Waals surface area contributed by atoms with Gasteiger partial charge >= 0.3 is 5.97 Å². The van der Waals surface area contributed by atoms with E-state index in [2.05, 4.69) is 16.8 Å². The van der Waals surface area contributed by atoms with Crippen molar-refractivity contribution < 1.29 is 9.90 Å². The molecule has 2 aromatic rings. The number of carbonyl (C=O) groups is 1. The lowest BCUT2D eigenvalue weighted by atomic mass is 10.1. The van der Waals surface area contributed by atoms with Crippen LogP contribution in [0.5, 0.6) is 0 Å². The number of carboxylic acid groups (broad SMARTS) is 1. The fourth-order valence-corrected chi connectivity index (χ4v) is 2.93. The average molecular weight is 304 g/mol. The highest BCUT2D eigenvalue weighted by atomic mass is 32.1. The van der Waals surface area contributed by atoms with Crippen molar-refractivity contribution in [2.75, 3.05) is 11.4 Å². The highest BCUT2D eigenvalue weighted by Gasteiger charge is 2.19. The van der Waals surface area contributed by atoms with E-state index in [0.717, 1.165) is 16.4 Å². The molecule has 0 aliphatic heterocycles. The molecule has 4 nitrogen and oxygen atoms in total. The van der Waals surface area contributed by atoms with Crippen molar-refractivity contribution >= 4 is 23.0 Å². The Morgan fingerprint density at radius 1 is 1.33 bits per heavy atom. The monoisotopic (exact) mass is 304 g/mol. The number of nitrogens with zero attached hydrogens (tertiary/aromatic N) is 2. The van der Waals surface area contributed by atoms with Crippen LogP contribution in [0.15, 0.2) is 29.6 Å². The maximum atomic E-state index is 10.9. The molecule has 0 radical (unpaired) electrons. The average Bonchev–Trinajstić information content (AvgIpc) is 2.87. The van der Waals surface area contributed by atoms with Crippen LogP contribution >= 0.6 is 11.3 Å². The Hall–Kier alpha value is -1.88. The summed E-state index contributed by atoms with van der Waals surface area (Å²) in [5.74, 6) is -0.784. The molecule has 1 N–H and O–H groups in total. The molecule has 2 rings (SSSR count). The summed E-state index contributed by atoms with van der Waals surface area (Å²) in [4.78, 5) is 17.5. The number of hydrogen-bond donors (Lipinski definition) is 1. The smallest absolute Gasteiger partial charge is 0.305 e. The molecule has 1 aromatic heterocycles. The van der Waals surface area contributed by atoms with Crippen LogP contribution in [-0.2, 0) is 4.79 Å². The summed E-state index contributed by atoms with van der Waals surface area (Å²) in [5.41, 5.74) is 3.21. The molecule has 1 aromatic carbocycles. The van der Waals surface area contributed by atoms with Crippen LogP contribution in [0.1, 0.15) is 35.7 Å². The number of aliphatic carboxylic acids is 1. The molecular formula is C16H20N2O2S. The van der Waals surface area contributed by atoms with E-state index in [1.165, 1.54) is 5.56 Å². The van der Waals surface area contributed by atoms with Gasteiger partial charge in [0.1, 0.15) is 0 Å². The summed E-state index contributed by atoms with van der Waals surface area (Å²) in [6, 6.07) is 8.21. The van der Waals surface area contributed by atoms with Crippen LogP contribution in [0.4, 0.5) is 5.69 Å². The van der Waals surface area contributed by atoms with Gasteiger partial charge in [-0.05, 0) is 32.9 Å². The van der Waals surface area contributed by atoms with Crippen LogP contribution < -0.4 is 4.90 Å². The number of thiazole rings is 1. The van der Waals surface area contributed by atoms with Gasteiger partial charge in [0, 0.05) is 17.6 Å². The molecule has 0 bridgehead atoms. The molecule has 1 atom stereocenters. The van der Waals surface area contributed by atoms with Gasteiger partial charge in [-0.25, -0.2) is 4.98 Å². The van der Waals surface area contributed by atoms with E-state index in [-0.39, 0.29) is 12.5 Å². The van der Waals surface area contributed by atoms with Gasteiger partial charge in [-0.15, -0.1) is 11.3 Å². The van der Waals surface area contributed by atoms with Gasteiger partial charge in [-0.3, -0.25) is 4.79 Å². The Kier molecular flexibility index (Phi) is 4.96. The van der Waals surface area contributed by atoms with Gasteiger partial charge in [0.15, 0.2) is 0 Å². The van der Waals surface area contributed by atoms with Crippen molar-refractivity contribution in [2.24, 2.45) is 0 Å². The zero-order chi connectivity index (χ0) is 15.4. The van der Waals surface area contributed by atoms with Crippen molar-refractivity contribution in [2.45, 2.75) is 33.2 Å². The van der Waals surface area contributed by atoms with E-state index in [9.17, 15) is 4.79 Å². The molecule has 0 aliphatic rings. The Bertz CT molecular complexity index is 607. The Morgan fingerprint density at radius 3 is 2.52 bits per heavy atom. The number of carboxylic acids is 1. The van der Waals surface area contributed by atoms with Crippen LogP contribution in [0.25, 0.3) is 0 Å². The topological polar surface area (TPSA) is 53.4 Å². The largest absolute Gasteiger partial charge is 0.481 e. The molecular weight excluding hydrogens is 284 g/mol. The van der Waals surface area contributed by atoms with E-state index >= 15 is 0 Å². The Labute approximate surface area is 129 Å². The zero-order valence-electron chi connectivity index (χ0n) is 12.5. The molecule has 1 unspecified atom stereocenters. The minimum Gasteiger partial charge on any atom is -0.481 e. The summed E-state index contributed by atoms with van der Waals surface area (Å²) in [7, 11) is 0. The lowest BCUT2D eigenvalue weighted by Crippen LogP contribution is -2.29. The predicted octanol–water partition coefficient (Wildman–Crippen LogP) is 3.80. The molecule has 112 valence electrons. The van der Waals surface area contributed by atoms with Gasteiger partial charge < -0.3 is 10.0 Å². The van der Waals surface area contributed by atoms with Gasteiger partial charge in [0.25, 0.3) is 0 Å². The number of rotatable bonds is 6. The third kappa shape index (κ3) is 4.04. The lowest BCUT2D eigenvalue weighted by molar-refractivity contribution is -0.136. The summed E-state index contributed by atoms with van der Waals surface area (Å²) >= 11 is 1.62. The normalized spacial score (nSPS) is 12.1. The molecule has 1 heterocycles. The maximum Gasteiger partial charge on any atom is 0.305 e. The summed E-state index contributed by atoms with van der Waals surface area (Å²) < 4.78 is 0. The zero-order valence-corrected chi connectivity index (χ0v) is 13.4. The molecule has 0 amide bonds. The summed E-state index contributed by atoms with van der Waals surface area (Å²) in [5, 5.41) is 12.0. The first-order valence-electron chi connectivity index (χ1n) is 6.94. The SMILES string of the molecule is Cc1ccc(N(CCC(=O)O)C(C)c2csc(C)n2)cc1. The van der Waals surface area contributed by atoms with Crippen molar-refractivity contribution in [3.05, 3.63) is 45.9 Å². The van der Waals surface area contributed by atoms with Crippen LogP contribution in [0, 0.1) is 13.8 Å². The third-order valence-corrected chi connectivity index (χ3v) is 4.26. The van der Waals surface area contributed by atoms with Crippen molar-refractivity contribution in [1.29, 1.82) is 0 Å². The second kappa shape index (κ2) is 6.72. The first-order chi connectivity index (χ1) is 9.97. The van der Waals surface area contributed by atoms with Gasteiger partial charge in [0.05, 0.1) is 23.2 Å². The Morgan fingerprint density at radius 2 is 2.00 bits per heavy atom. The van der Waals surface area contributed by atoms with E-state index < -0.39 is 5.97 Å². The van der Waals surface area contributed by atoms with Crippen molar-refractivity contribution in [1.82, 2.24) is 4.98 Å². The van der Waals surface area contributed by atoms with E-state index in [0.29, 0.717) is 6.54 Å². The molecule has 0 aliphatic carbocycles. The molecule has 0 spiro atoms. The van der Waals surface area contributed by atoms with Crippen LogP contribution in [0.2, 0.25) is 0 Å². The van der Waals surface area contributed by atoms with Gasteiger partial charge in [-0.2, -0.15) is 0 Å². The highest BCUT2D eigenvalue weighted by molar-refractivity contribution is 7.09. The number of anilines is 1. The second-order valence-electron chi connectivity index (χ2n) is 5.14. The van der Waals surface area contributed by atoms with E-state index in [4.69, 9.17) is 5.11 Å². The minimum atomic E-state index is -0.784.